The maximum atomic E-state index is 6.52. The third-order valence-electron chi connectivity index (χ3n) is 4.72. The summed E-state index contributed by atoms with van der Waals surface area (Å²) in [5.41, 5.74) is 6.70. The van der Waals surface area contributed by atoms with Crippen molar-refractivity contribution in [2.75, 3.05) is 19.6 Å². The molecule has 2 rings (SSSR count). The van der Waals surface area contributed by atoms with Gasteiger partial charge in [-0.2, -0.15) is 0 Å². The molecule has 1 saturated carbocycles. The number of hydrogen-bond donors (Lipinski definition) is 1. The van der Waals surface area contributed by atoms with E-state index in [1.54, 1.807) is 0 Å². The van der Waals surface area contributed by atoms with E-state index in [0.717, 1.165) is 0 Å². The van der Waals surface area contributed by atoms with Crippen molar-refractivity contribution in [1.82, 2.24) is 4.90 Å². The molecule has 0 aromatic carbocycles. The predicted octanol–water partition coefficient (Wildman–Crippen LogP) is 3.30. The molecule has 0 spiro atoms. The Labute approximate surface area is 107 Å². The van der Waals surface area contributed by atoms with Crippen LogP contribution in [0.3, 0.4) is 0 Å². The van der Waals surface area contributed by atoms with E-state index >= 15 is 0 Å². The van der Waals surface area contributed by atoms with Gasteiger partial charge in [0.15, 0.2) is 0 Å². The first kappa shape index (κ1) is 13.4. The maximum absolute atomic E-state index is 6.52. The highest BCUT2D eigenvalue weighted by molar-refractivity contribution is 4.88. The van der Waals surface area contributed by atoms with Crippen LogP contribution in [0, 0.1) is 0 Å². The van der Waals surface area contributed by atoms with E-state index in [1.165, 1.54) is 90.3 Å². The molecule has 1 saturated heterocycles. The molecule has 100 valence electrons. The van der Waals surface area contributed by atoms with Gasteiger partial charge in [-0.05, 0) is 51.7 Å². The van der Waals surface area contributed by atoms with Gasteiger partial charge in [0.2, 0.25) is 0 Å². The van der Waals surface area contributed by atoms with Gasteiger partial charge in [-0.25, -0.2) is 0 Å². The highest BCUT2D eigenvalue weighted by atomic mass is 15.1. The van der Waals surface area contributed by atoms with Crippen LogP contribution < -0.4 is 5.73 Å². The van der Waals surface area contributed by atoms with Crippen LogP contribution in [0.2, 0.25) is 0 Å². The summed E-state index contributed by atoms with van der Waals surface area (Å²) in [6.07, 6.45) is 15.0. The lowest BCUT2D eigenvalue weighted by atomic mass is 9.80. The highest BCUT2D eigenvalue weighted by Crippen LogP contribution is 2.29. The second kappa shape index (κ2) is 6.75. The van der Waals surface area contributed by atoms with Crippen molar-refractivity contribution in [2.45, 2.75) is 76.2 Å². The van der Waals surface area contributed by atoms with Crippen LogP contribution in [0.15, 0.2) is 0 Å². The monoisotopic (exact) mass is 238 g/mol. The minimum absolute atomic E-state index is 0.181. The van der Waals surface area contributed by atoms with E-state index in [0.29, 0.717) is 0 Å². The summed E-state index contributed by atoms with van der Waals surface area (Å²) in [4.78, 5) is 2.67. The molecule has 0 aromatic rings. The molecule has 2 aliphatic rings. The van der Waals surface area contributed by atoms with Crippen molar-refractivity contribution in [2.24, 2.45) is 5.73 Å². The average Bonchev–Trinajstić information content (AvgIpc) is 2.28. The molecule has 1 aliphatic heterocycles. The largest absolute Gasteiger partial charge is 0.325 e. The van der Waals surface area contributed by atoms with Gasteiger partial charge in [-0.15, -0.1) is 0 Å². The summed E-state index contributed by atoms with van der Waals surface area (Å²) < 4.78 is 0. The second-order valence-corrected chi connectivity index (χ2v) is 6.28. The minimum atomic E-state index is 0.181. The zero-order chi connectivity index (χ0) is 12.0. The van der Waals surface area contributed by atoms with Crippen LogP contribution in [0.1, 0.15) is 70.6 Å². The number of nitrogens with zero attached hydrogens (tertiary/aromatic N) is 1. The Morgan fingerprint density at radius 1 is 0.765 bits per heavy atom. The Morgan fingerprint density at radius 3 is 1.94 bits per heavy atom. The fraction of sp³-hybridized carbons (Fsp3) is 1.00. The molecule has 0 atom stereocenters. The minimum Gasteiger partial charge on any atom is -0.325 e. The summed E-state index contributed by atoms with van der Waals surface area (Å²) in [6.45, 7) is 3.88. The van der Waals surface area contributed by atoms with Crippen LogP contribution in [0.5, 0.6) is 0 Å². The molecule has 2 nitrogen and oxygen atoms in total. The number of rotatable bonds is 3. The standard InChI is InChI=1S/C15H30N2/c16-15(9-5-4-6-10-15)11-14-17-12-7-2-1-3-8-13-17/h1-14,16H2. The SMILES string of the molecule is NC1(CCN2CCCCCCC2)CCCCC1. The first-order valence-electron chi connectivity index (χ1n) is 7.80. The van der Waals surface area contributed by atoms with E-state index in [4.69, 9.17) is 5.73 Å². The van der Waals surface area contributed by atoms with Crippen LogP contribution in [0.25, 0.3) is 0 Å². The molecule has 0 bridgehead atoms. The van der Waals surface area contributed by atoms with E-state index in [1.807, 2.05) is 0 Å². The van der Waals surface area contributed by atoms with Crippen molar-refractivity contribution in [1.29, 1.82) is 0 Å². The number of likely N-dealkylation sites (tertiary alicyclic amines) is 1. The van der Waals surface area contributed by atoms with Gasteiger partial charge in [0.1, 0.15) is 0 Å². The van der Waals surface area contributed by atoms with Gasteiger partial charge in [0.05, 0.1) is 0 Å². The quantitative estimate of drug-likeness (QED) is 0.817. The zero-order valence-corrected chi connectivity index (χ0v) is 11.4. The van der Waals surface area contributed by atoms with Gasteiger partial charge in [0.25, 0.3) is 0 Å². The zero-order valence-electron chi connectivity index (χ0n) is 11.4. The summed E-state index contributed by atoms with van der Waals surface area (Å²) in [5.74, 6) is 0. The Kier molecular flexibility index (Phi) is 5.30. The second-order valence-electron chi connectivity index (χ2n) is 6.28. The van der Waals surface area contributed by atoms with Crippen molar-refractivity contribution >= 4 is 0 Å². The van der Waals surface area contributed by atoms with Gasteiger partial charge in [0, 0.05) is 5.54 Å². The fourth-order valence-corrected chi connectivity index (χ4v) is 3.42. The Morgan fingerprint density at radius 2 is 1.29 bits per heavy atom. The maximum Gasteiger partial charge on any atom is 0.0166 e. The molecular formula is C15H30N2. The van der Waals surface area contributed by atoms with E-state index in [2.05, 4.69) is 4.90 Å². The lowest BCUT2D eigenvalue weighted by molar-refractivity contribution is 0.196. The van der Waals surface area contributed by atoms with Gasteiger partial charge >= 0.3 is 0 Å². The normalized spacial score (nSPS) is 27.4. The number of nitrogens with two attached hydrogens (primary N) is 1. The summed E-state index contributed by atoms with van der Waals surface area (Å²) in [6, 6.07) is 0. The Bertz CT molecular complexity index is 201. The van der Waals surface area contributed by atoms with E-state index in [9.17, 15) is 0 Å². The summed E-state index contributed by atoms with van der Waals surface area (Å²) >= 11 is 0. The molecular weight excluding hydrogens is 208 g/mol. The van der Waals surface area contributed by atoms with Gasteiger partial charge in [-0.1, -0.05) is 38.5 Å². The summed E-state index contributed by atoms with van der Waals surface area (Å²) in [7, 11) is 0. The van der Waals surface area contributed by atoms with Crippen LogP contribution >= 0.6 is 0 Å². The summed E-state index contributed by atoms with van der Waals surface area (Å²) in [5, 5.41) is 0. The van der Waals surface area contributed by atoms with Crippen LogP contribution in [-0.4, -0.2) is 30.1 Å². The van der Waals surface area contributed by atoms with Crippen LogP contribution in [-0.2, 0) is 0 Å². The molecule has 1 aliphatic carbocycles. The first-order chi connectivity index (χ1) is 8.29. The van der Waals surface area contributed by atoms with Crippen molar-refractivity contribution in [3.63, 3.8) is 0 Å². The van der Waals surface area contributed by atoms with E-state index in [-0.39, 0.29) is 5.54 Å². The lowest BCUT2D eigenvalue weighted by Crippen LogP contribution is -2.45. The fourth-order valence-electron chi connectivity index (χ4n) is 3.42. The topological polar surface area (TPSA) is 29.3 Å². The van der Waals surface area contributed by atoms with Gasteiger partial charge in [-0.3, -0.25) is 0 Å². The van der Waals surface area contributed by atoms with Gasteiger partial charge < -0.3 is 10.6 Å². The molecule has 17 heavy (non-hydrogen) atoms. The molecule has 1 heterocycles. The van der Waals surface area contributed by atoms with Crippen molar-refractivity contribution in [3.8, 4) is 0 Å². The third kappa shape index (κ3) is 4.59. The molecule has 0 unspecified atom stereocenters. The van der Waals surface area contributed by atoms with E-state index < -0.39 is 0 Å². The van der Waals surface area contributed by atoms with Crippen LogP contribution in [0.4, 0.5) is 0 Å². The third-order valence-corrected chi connectivity index (χ3v) is 4.72. The highest BCUT2D eigenvalue weighted by Gasteiger charge is 2.27. The molecule has 0 radical (unpaired) electrons. The predicted molar refractivity (Wildman–Crippen MR) is 74.1 cm³/mol. The molecule has 2 heteroatoms. The number of hydrogen-bond acceptors (Lipinski definition) is 2. The lowest BCUT2D eigenvalue weighted by Gasteiger charge is -2.36. The molecule has 0 amide bonds. The Balaban J connectivity index is 1.71. The van der Waals surface area contributed by atoms with Crippen molar-refractivity contribution in [3.05, 3.63) is 0 Å². The molecule has 0 aromatic heterocycles. The first-order valence-corrected chi connectivity index (χ1v) is 7.80. The smallest absolute Gasteiger partial charge is 0.0166 e. The Hall–Kier alpha value is -0.0800. The average molecular weight is 238 g/mol. The molecule has 2 fully saturated rings. The molecule has 2 N–H and O–H groups in total. The van der Waals surface area contributed by atoms with Crippen molar-refractivity contribution < 1.29 is 0 Å².